The minimum atomic E-state index is -0.481. The number of carbonyl (C=O) groups is 1. The van der Waals surface area contributed by atoms with Gasteiger partial charge >= 0.3 is 0 Å². The molecule has 2 aromatic rings. The van der Waals surface area contributed by atoms with Gasteiger partial charge in [-0.25, -0.2) is 4.68 Å². The summed E-state index contributed by atoms with van der Waals surface area (Å²) in [7, 11) is 0. The Balaban J connectivity index is 1.84. The van der Waals surface area contributed by atoms with E-state index in [1.807, 2.05) is 36.5 Å². The standard InChI is InChI=1S/C18H23N3O3/c22-11-5-6-13-12-21(14-7-2-1-3-8-14)20-17(13)18(24)19-15-9-4-10-16(15)23/h1-3,7-8,12,15-16,22-23H,4-6,9-11H2,(H,19,24)/t15-,16-/m0/s1. The molecule has 24 heavy (non-hydrogen) atoms. The van der Waals surface area contributed by atoms with Crippen molar-refractivity contribution >= 4 is 5.91 Å². The summed E-state index contributed by atoms with van der Waals surface area (Å²) in [6.07, 6.45) is 4.95. The largest absolute Gasteiger partial charge is 0.396 e. The molecule has 1 aromatic carbocycles. The highest BCUT2D eigenvalue weighted by molar-refractivity contribution is 5.94. The van der Waals surface area contributed by atoms with Crippen LogP contribution >= 0.6 is 0 Å². The van der Waals surface area contributed by atoms with Gasteiger partial charge in [0.15, 0.2) is 5.69 Å². The maximum absolute atomic E-state index is 12.6. The van der Waals surface area contributed by atoms with Gasteiger partial charge in [-0.1, -0.05) is 18.2 Å². The van der Waals surface area contributed by atoms with Gasteiger partial charge in [-0.3, -0.25) is 4.79 Å². The number of amides is 1. The zero-order chi connectivity index (χ0) is 16.9. The second-order valence-electron chi connectivity index (χ2n) is 6.19. The molecule has 1 amide bonds. The first-order valence-electron chi connectivity index (χ1n) is 8.43. The molecule has 1 aromatic heterocycles. The molecule has 0 radical (unpaired) electrons. The van der Waals surface area contributed by atoms with E-state index in [1.165, 1.54) is 0 Å². The molecule has 0 bridgehead atoms. The van der Waals surface area contributed by atoms with Crippen LogP contribution in [0.3, 0.4) is 0 Å². The first kappa shape index (κ1) is 16.7. The van der Waals surface area contributed by atoms with Crippen LogP contribution in [0.15, 0.2) is 36.5 Å². The number of hydrogen-bond acceptors (Lipinski definition) is 4. The summed E-state index contributed by atoms with van der Waals surface area (Å²) < 4.78 is 1.69. The van der Waals surface area contributed by atoms with Crippen LogP contribution in [0.25, 0.3) is 5.69 Å². The number of nitrogens with zero attached hydrogens (tertiary/aromatic N) is 2. The molecule has 6 nitrogen and oxygen atoms in total. The van der Waals surface area contributed by atoms with Crippen LogP contribution in [0.1, 0.15) is 41.7 Å². The molecule has 1 aliphatic carbocycles. The Morgan fingerprint density at radius 2 is 2.08 bits per heavy atom. The van der Waals surface area contributed by atoms with Crippen LogP contribution in [0.5, 0.6) is 0 Å². The topological polar surface area (TPSA) is 87.4 Å². The monoisotopic (exact) mass is 329 g/mol. The van der Waals surface area contributed by atoms with E-state index in [0.717, 1.165) is 30.5 Å². The van der Waals surface area contributed by atoms with Crippen molar-refractivity contribution in [1.82, 2.24) is 15.1 Å². The van der Waals surface area contributed by atoms with Crippen LogP contribution in [0.2, 0.25) is 0 Å². The highest BCUT2D eigenvalue weighted by Crippen LogP contribution is 2.20. The van der Waals surface area contributed by atoms with Gasteiger partial charge in [0, 0.05) is 18.4 Å². The van der Waals surface area contributed by atoms with Gasteiger partial charge in [0.2, 0.25) is 0 Å². The molecule has 6 heteroatoms. The lowest BCUT2D eigenvalue weighted by atomic mass is 10.1. The second kappa shape index (κ2) is 7.59. The molecule has 3 N–H and O–H groups in total. The molecule has 1 saturated carbocycles. The molecular weight excluding hydrogens is 306 g/mol. The van der Waals surface area contributed by atoms with Gasteiger partial charge in [0.1, 0.15) is 0 Å². The van der Waals surface area contributed by atoms with Crippen LogP contribution in [0, 0.1) is 0 Å². The van der Waals surface area contributed by atoms with Gasteiger partial charge in [-0.15, -0.1) is 0 Å². The van der Waals surface area contributed by atoms with E-state index in [9.17, 15) is 9.90 Å². The van der Waals surface area contributed by atoms with E-state index >= 15 is 0 Å². The van der Waals surface area contributed by atoms with Crippen LogP contribution < -0.4 is 5.32 Å². The third-order valence-electron chi connectivity index (χ3n) is 4.43. The Bertz CT molecular complexity index is 684. The molecule has 0 aliphatic heterocycles. The van der Waals surface area contributed by atoms with Crippen molar-refractivity contribution in [3.63, 3.8) is 0 Å². The van der Waals surface area contributed by atoms with E-state index in [-0.39, 0.29) is 18.6 Å². The number of carbonyl (C=O) groups excluding carboxylic acids is 1. The molecule has 0 spiro atoms. The fraction of sp³-hybridized carbons (Fsp3) is 0.444. The molecule has 1 fully saturated rings. The molecular formula is C18H23N3O3. The van der Waals surface area contributed by atoms with Gasteiger partial charge < -0.3 is 15.5 Å². The summed E-state index contributed by atoms with van der Waals surface area (Å²) in [6.45, 7) is 0.0684. The van der Waals surface area contributed by atoms with E-state index in [1.54, 1.807) is 4.68 Å². The van der Waals surface area contributed by atoms with E-state index < -0.39 is 6.10 Å². The number of aromatic nitrogens is 2. The summed E-state index contributed by atoms with van der Waals surface area (Å²) >= 11 is 0. The summed E-state index contributed by atoms with van der Waals surface area (Å²) in [5, 5.41) is 26.3. The average molecular weight is 329 g/mol. The summed E-state index contributed by atoms with van der Waals surface area (Å²) in [5.41, 5.74) is 2.05. The summed E-state index contributed by atoms with van der Waals surface area (Å²) in [4.78, 5) is 12.6. The molecule has 128 valence electrons. The Hall–Kier alpha value is -2.18. The molecule has 3 rings (SSSR count). The molecule has 0 unspecified atom stereocenters. The minimum Gasteiger partial charge on any atom is -0.396 e. The molecule has 1 heterocycles. The average Bonchev–Trinajstić information content (AvgIpc) is 3.20. The van der Waals surface area contributed by atoms with E-state index in [4.69, 9.17) is 5.11 Å². The third-order valence-corrected chi connectivity index (χ3v) is 4.43. The van der Waals surface area contributed by atoms with Crippen molar-refractivity contribution in [2.75, 3.05) is 6.61 Å². The number of aliphatic hydroxyl groups is 2. The predicted molar refractivity (Wildman–Crippen MR) is 90.1 cm³/mol. The maximum atomic E-state index is 12.6. The van der Waals surface area contributed by atoms with Crippen molar-refractivity contribution < 1.29 is 15.0 Å². The van der Waals surface area contributed by atoms with Crippen molar-refractivity contribution in [3.05, 3.63) is 47.8 Å². The zero-order valence-electron chi connectivity index (χ0n) is 13.6. The van der Waals surface area contributed by atoms with Gasteiger partial charge in [0.25, 0.3) is 5.91 Å². The maximum Gasteiger partial charge on any atom is 0.272 e. The zero-order valence-corrected chi connectivity index (χ0v) is 13.6. The number of benzene rings is 1. The number of aryl methyl sites for hydroxylation is 1. The van der Waals surface area contributed by atoms with Crippen molar-refractivity contribution in [1.29, 1.82) is 0 Å². The van der Waals surface area contributed by atoms with Gasteiger partial charge in [-0.05, 0) is 44.2 Å². The van der Waals surface area contributed by atoms with Gasteiger partial charge in [-0.2, -0.15) is 5.10 Å². The lowest BCUT2D eigenvalue weighted by Crippen LogP contribution is -2.40. The number of hydrogen-bond donors (Lipinski definition) is 3. The smallest absolute Gasteiger partial charge is 0.272 e. The second-order valence-corrected chi connectivity index (χ2v) is 6.19. The number of para-hydroxylation sites is 1. The third kappa shape index (κ3) is 3.66. The fourth-order valence-corrected chi connectivity index (χ4v) is 3.11. The Labute approximate surface area is 141 Å². The Kier molecular flexibility index (Phi) is 5.27. The minimum absolute atomic E-state index is 0.0684. The van der Waals surface area contributed by atoms with Crippen LogP contribution in [-0.2, 0) is 6.42 Å². The highest BCUT2D eigenvalue weighted by Gasteiger charge is 2.28. The predicted octanol–water partition coefficient (Wildman–Crippen LogP) is 1.44. The first-order valence-corrected chi connectivity index (χ1v) is 8.43. The first-order chi connectivity index (χ1) is 11.7. The molecule has 1 aliphatic rings. The lowest BCUT2D eigenvalue weighted by molar-refractivity contribution is 0.0867. The van der Waals surface area contributed by atoms with E-state index in [2.05, 4.69) is 10.4 Å². The normalized spacial score (nSPS) is 20.2. The van der Waals surface area contributed by atoms with E-state index in [0.29, 0.717) is 18.5 Å². The highest BCUT2D eigenvalue weighted by atomic mass is 16.3. The van der Waals surface area contributed by atoms with Crippen LogP contribution in [-0.4, -0.2) is 44.7 Å². The quantitative estimate of drug-likeness (QED) is 0.748. The Morgan fingerprint density at radius 1 is 1.29 bits per heavy atom. The van der Waals surface area contributed by atoms with Crippen molar-refractivity contribution in [3.8, 4) is 5.69 Å². The van der Waals surface area contributed by atoms with Crippen molar-refractivity contribution in [2.24, 2.45) is 0 Å². The summed E-state index contributed by atoms with van der Waals surface area (Å²) in [5.74, 6) is -0.261. The lowest BCUT2D eigenvalue weighted by Gasteiger charge is -2.15. The van der Waals surface area contributed by atoms with Crippen LogP contribution in [0.4, 0.5) is 0 Å². The summed E-state index contributed by atoms with van der Waals surface area (Å²) in [6, 6.07) is 9.40. The fourth-order valence-electron chi connectivity index (χ4n) is 3.11. The molecule has 2 atom stereocenters. The number of rotatable bonds is 6. The Morgan fingerprint density at radius 3 is 2.75 bits per heavy atom. The molecule has 0 saturated heterocycles. The SMILES string of the molecule is O=C(N[C@H]1CCC[C@@H]1O)c1nn(-c2ccccc2)cc1CCCO. The van der Waals surface area contributed by atoms with Crippen molar-refractivity contribution in [2.45, 2.75) is 44.2 Å². The number of aliphatic hydroxyl groups excluding tert-OH is 2. The van der Waals surface area contributed by atoms with Gasteiger partial charge in [0.05, 0.1) is 17.8 Å². The number of nitrogens with one attached hydrogen (secondary N) is 1.